The molecule has 1 N–H and O–H groups in total. The summed E-state index contributed by atoms with van der Waals surface area (Å²) in [5.74, 6) is -0.00220. The number of amides is 1. The van der Waals surface area contributed by atoms with E-state index in [1.54, 1.807) is 0 Å². The van der Waals surface area contributed by atoms with Crippen LogP contribution in [0.3, 0.4) is 0 Å². The standard InChI is InChI=1S/C31H33BClNO4/c1-20-14-15-21(28(33)16-20)17-22(32-37-30(2,3)31(4,5)38-32)18-34-29(35)36-19-27-25-12-8-6-10-23(25)24-11-7-9-13-26(24)27/h6-17,27H,18-19H2,1-5H3,(H,34,35). The van der Waals surface area contributed by atoms with E-state index in [2.05, 4.69) is 29.6 Å². The topological polar surface area (TPSA) is 56.8 Å². The van der Waals surface area contributed by atoms with Gasteiger partial charge in [-0.05, 0) is 79.5 Å². The second kappa shape index (κ2) is 10.3. The van der Waals surface area contributed by atoms with E-state index in [1.165, 1.54) is 22.3 Å². The average Bonchev–Trinajstić information content (AvgIpc) is 3.30. The third kappa shape index (κ3) is 5.13. The summed E-state index contributed by atoms with van der Waals surface area (Å²) < 4.78 is 18.3. The van der Waals surface area contributed by atoms with Gasteiger partial charge in [0.15, 0.2) is 0 Å². The molecule has 0 saturated carbocycles. The zero-order valence-corrected chi connectivity index (χ0v) is 23.3. The van der Waals surface area contributed by atoms with Gasteiger partial charge in [-0.1, -0.05) is 78.3 Å². The largest absolute Gasteiger partial charge is 0.492 e. The van der Waals surface area contributed by atoms with Crippen LogP contribution in [0.4, 0.5) is 4.79 Å². The van der Waals surface area contributed by atoms with Crippen molar-refractivity contribution in [1.82, 2.24) is 5.32 Å². The van der Waals surface area contributed by atoms with Gasteiger partial charge in [-0.25, -0.2) is 4.79 Å². The maximum atomic E-state index is 12.9. The molecule has 1 amide bonds. The van der Waals surface area contributed by atoms with E-state index >= 15 is 0 Å². The van der Waals surface area contributed by atoms with Crippen LogP contribution in [-0.2, 0) is 14.0 Å². The number of benzene rings is 3. The van der Waals surface area contributed by atoms with Crippen molar-refractivity contribution >= 4 is 30.9 Å². The molecular formula is C31H33BClNO4. The summed E-state index contributed by atoms with van der Waals surface area (Å²) in [4.78, 5) is 12.9. The Morgan fingerprint density at radius 3 is 2.13 bits per heavy atom. The van der Waals surface area contributed by atoms with Gasteiger partial charge >= 0.3 is 13.2 Å². The van der Waals surface area contributed by atoms with Crippen molar-refractivity contribution in [2.75, 3.05) is 13.2 Å². The van der Waals surface area contributed by atoms with Gasteiger partial charge < -0.3 is 19.4 Å². The molecule has 1 aliphatic heterocycles. The summed E-state index contributed by atoms with van der Waals surface area (Å²) in [5.41, 5.74) is 6.35. The molecule has 0 spiro atoms. The third-order valence-corrected chi connectivity index (χ3v) is 8.16. The Hall–Kier alpha value is -3.06. The summed E-state index contributed by atoms with van der Waals surface area (Å²) >= 11 is 6.52. The highest BCUT2D eigenvalue weighted by molar-refractivity contribution is 6.56. The molecular weight excluding hydrogens is 497 g/mol. The molecule has 38 heavy (non-hydrogen) atoms. The SMILES string of the molecule is Cc1ccc(C=C(CNC(=O)OCC2c3ccccc3-c3ccccc32)B2OC(C)(C)C(C)(C)O2)c(Cl)c1. The van der Waals surface area contributed by atoms with Crippen molar-refractivity contribution in [1.29, 1.82) is 0 Å². The van der Waals surface area contributed by atoms with Gasteiger partial charge in [0.25, 0.3) is 0 Å². The van der Waals surface area contributed by atoms with E-state index < -0.39 is 24.4 Å². The van der Waals surface area contributed by atoms with Gasteiger partial charge in [0, 0.05) is 17.5 Å². The number of fused-ring (bicyclic) bond motifs is 3. The molecule has 1 saturated heterocycles. The van der Waals surface area contributed by atoms with Gasteiger partial charge in [0.05, 0.1) is 11.2 Å². The minimum absolute atomic E-state index is 0.00220. The molecule has 1 aliphatic carbocycles. The van der Waals surface area contributed by atoms with Crippen LogP contribution in [-0.4, -0.2) is 37.6 Å². The summed E-state index contributed by atoms with van der Waals surface area (Å²) in [6, 6.07) is 22.4. The predicted molar refractivity (Wildman–Crippen MR) is 153 cm³/mol. The lowest BCUT2D eigenvalue weighted by molar-refractivity contribution is 0.00578. The first kappa shape index (κ1) is 26.5. The van der Waals surface area contributed by atoms with Gasteiger partial charge in [-0.2, -0.15) is 0 Å². The van der Waals surface area contributed by atoms with E-state index in [4.69, 9.17) is 25.6 Å². The molecule has 0 unspecified atom stereocenters. The van der Waals surface area contributed by atoms with Gasteiger partial charge in [-0.15, -0.1) is 0 Å². The molecule has 7 heteroatoms. The molecule has 3 aromatic rings. The zero-order valence-electron chi connectivity index (χ0n) is 22.5. The molecule has 5 rings (SSSR count). The second-order valence-electron chi connectivity index (χ2n) is 11.0. The molecule has 0 atom stereocenters. The highest BCUT2D eigenvalue weighted by Gasteiger charge is 2.52. The normalized spacial score (nSPS) is 17.7. The quantitative estimate of drug-likeness (QED) is 0.343. The van der Waals surface area contributed by atoms with Crippen LogP contribution in [0.2, 0.25) is 5.02 Å². The molecule has 0 radical (unpaired) electrons. The lowest BCUT2D eigenvalue weighted by Crippen LogP contribution is -2.41. The van der Waals surface area contributed by atoms with Crippen molar-refractivity contribution in [2.24, 2.45) is 0 Å². The van der Waals surface area contributed by atoms with Crippen LogP contribution in [0.5, 0.6) is 0 Å². The van der Waals surface area contributed by atoms with Crippen molar-refractivity contribution in [2.45, 2.75) is 51.7 Å². The fourth-order valence-corrected chi connectivity index (χ4v) is 5.26. The third-order valence-electron chi connectivity index (χ3n) is 7.83. The van der Waals surface area contributed by atoms with E-state index in [1.807, 2.05) is 83.2 Å². The number of rotatable bonds is 6. The Morgan fingerprint density at radius 1 is 0.974 bits per heavy atom. The zero-order chi connectivity index (χ0) is 27.1. The van der Waals surface area contributed by atoms with Crippen LogP contribution < -0.4 is 5.32 Å². The predicted octanol–water partition coefficient (Wildman–Crippen LogP) is 7.20. The highest BCUT2D eigenvalue weighted by Crippen LogP contribution is 2.44. The van der Waals surface area contributed by atoms with Crippen LogP contribution in [0.1, 0.15) is 55.9 Å². The minimum atomic E-state index is -0.633. The fourth-order valence-electron chi connectivity index (χ4n) is 4.97. The average molecular weight is 530 g/mol. The van der Waals surface area contributed by atoms with Crippen molar-refractivity contribution in [3.63, 3.8) is 0 Å². The molecule has 0 aromatic heterocycles. The summed E-state index contributed by atoms with van der Waals surface area (Å²) in [5, 5.41) is 3.53. The second-order valence-corrected chi connectivity index (χ2v) is 11.4. The fraction of sp³-hybridized carbons (Fsp3) is 0.323. The number of nitrogens with one attached hydrogen (secondary N) is 1. The first-order chi connectivity index (χ1) is 18.1. The molecule has 1 fully saturated rings. The Labute approximate surface area is 230 Å². The van der Waals surface area contributed by atoms with Gasteiger partial charge in [0.2, 0.25) is 0 Å². The molecule has 196 valence electrons. The van der Waals surface area contributed by atoms with E-state index in [0.717, 1.165) is 16.6 Å². The smallest absolute Gasteiger partial charge is 0.449 e. The molecule has 2 aliphatic rings. The van der Waals surface area contributed by atoms with Crippen LogP contribution in [0.15, 0.2) is 72.2 Å². The Morgan fingerprint density at radius 2 is 1.55 bits per heavy atom. The lowest BCUT2D eigenvalue weighted by atomic mass is 9.77. The monoisotopic (exact) mass is 529 g/mol. The van der Waals surface area contributed by atoms with E-state index in [9.17, 15) is 4.79 Å². The number of carbonyl (C=O) groups excluding carboxylic acids is 1. The highest BCUT2D eigenvalue weighted by atomic mass is 35.5. The summed E-state index contributed by atoms with van der Waals surface area (Å²) in [6.07, 6.45) is 1.43. The Bertz CT molecular complexity index is 1340. The molecule has 0 bridgehead atoms. The van der Waals surface area contributed by atoms with Gasteiger partial charge in [-0.3, -0.25) is 0 Å². The van der Waals surface area contributed by atoms with Crippen LogP contribution in [0, 0.1) is 6.92 Å². The van der Waals surface area contributed by atoms with Gasteiger partial charge in [0.1, 0.15) is 6.61 Å². The summed E-state index contributed by atoms with van der Waals surface area (Å²) in [6.45, 7) is 10.4. The maximum absolute atomic E-state index is 12.9. The summed E-state index contributed by atoms with van der Waals surface area (Å²) in [7, 11) is -0.633. The van der Waals surface area contributed by atoms with E-state index in [-0.39, 0.29) is 19.1 Å². The van der Waals surface area contributed by atoms with Crippen LogP contribution >= 0.6 is 11.6 Å². The minimum Gasteiger partial charge on any atom is -0.449 e. The number of aryl methyl sites for hydroxylation is 1. The number of alkyl carbamates (subject to hydrolysis) is 1. The van der Waals surface area contributed by atoms with E-state index in [0.29, 0.717) is 5.02 Å². The number of halogens is 1. The van der Waals surface area contributed by atoms with Crippen molar-refractivity contribution in [3.05, 3.63) is 99.5 Å². The van der Waals surface area contributed by atoms with Crippen LogP contribution in [0.25, 0.3) is 17.2 Å². The van der Waals surface area contributed by atoms with Crippen molar-refractivity contribution < 1.29 is 18.8 Å². The first-order valence-corrected chi connectivity index (χ1v) is 13.3. The number of hydrogen-bond acceptors (Lipinski definition) is 4. The Balaban J connectivity index is 1.31. The maximum Gasteiger partial charge on any atom is 0.492 e. The van der Waals surface area contributed by atoms with Crippen molar-refractivity contribution in [3.8, 4) is 11.1 Å². The Kier molecular flexibility index (Phi) is 7.16. The number of hydrogen-bond donors (Lipinski definition) is 1. The molecule has 1 heterocycles. The number of ether oxygens (including phenoxy) is 1. The number of carbonyl (C=O) groups is 1. The first-order valence-electron chi connectivity index (χ1n) is 13.0. The lowest BCUT2D eigenvalue weighted by Gasteiger charge is -2.32. The molecule has 3 aromatic carbocycles. The molecule has 5 nitrogen and oxygen atoms in total.